The van der Waals surface area contributed by atoms with Crippen LogP contribution in [-0.2, 0) is 20.9 Å². The second-order valence-corrected chi connectivity index (χ2v) is 4.06. The lowest BCUT2D eigenvalue weighted by Gasteiger charge is -2.12. The summed E-state index contributed by atoms with van der Waals surface area (Å²) >= 11 is 0. The van der Waals surface area contributed by atoms with E-state index in [1.807, 2.05) is 5.32 Å². The van der Waals surface area contributed by atoms with Gasteiger partial charge in [-0.1, -0.05) is 12.1 Å². The van der Waals surface area contributed by atoms with E-state index in [-0.39, 0.29) is 6.61 Å². The largest absolute Gasteiger partial charge is 0.497 e. The number of hydrogen-bond acceptors (Lipinski definition) is 5. The smallest absolute Gasteiger partial charge is 0.408 e. The van der Waals surface area contributed by atoms with Crippen molar-refractivity contribution in [2.24, 2.45) is 0 Å². The molecule has 21 heavy (non-hydrogen) atoms. The maximum Gasteiger partial charge on any atom is 0.408 e. The van der Waals surface area contributed by atoms with E-state index in [0.29, 0.717) is 11.3 Å². The molecule has 0 radical (unpaired) electrons. The quantitative estimate of drug-likeness (QED) is 0.681. The summed E-state index contributed by atoms with van der Waals surface area (Å²) in [5, 5.41) is 19.3. The molecule has 0 aliphatic rings. The summed E-state index contributed by atoms with van der Waals surface area (Å²) in [6.45, 7) is -0.0742. The maximum absolute atomic E-state index is 11.4. The van der Waals surface area contributed by atoms with Crippen LogP contribution >= 0.6 is 0 Å². The summed E-state index contributed by atoms with van der Waals surface area (Å²) in [7, 11) is 1.52. The van der Waals surface area contributed by atoms with E-state index in [1.54, 1.807) is 24.3 Å². The van der Waals surface area contributed by atoms with Gasteiger partial charge in [-0.15, -0.1) is 0 Å². The molecule has 0 aliphatic heterocycles. The number of rotatable bonds is 7. The monoisotopic (exact) mass is 297 g/mol. The number of carboxylic acids is 2. The lowest BCUT2D eigenvalue weighted by Crippen LogP contribution is -2.42. The van der Waals surface area contributed by atoms with E-state index in [1.165, 1.54) is 7.11 Å². The summed E-state index contributed by atoms with van der Waals surface area (Å²) in [5.74, 6) is -2.13. The minimum Gasteiger partial charge on any atom is -0.497 e. The van der Waals surface area contributed by atoms with Gasteiger partial charge >= 0.3 is 18.0 Å². The molecule has 0 saturated heterocycles. The Hall–Kier alpha value is -2.77. The topological polar surface area (TPSA) is 122 Å². The first-order chi connectivity index (χ1) is 9.92. The number of benzene rings is 1. The zero-order chi connectivity index (χ0) is 15.8. The lowest BCUT2D eigenvalue weighted by molar-refractivity contribution is -0.145. The number of carbonyl (C=O) groups is 3. The van der Waals surface area contributed by atoms with Crippen LogP contribution in [0.25, 0.3) is 0 Å². The molecule has 0 saturated carbocycles. The van der Waals surface area contributed by atoms with Gasteiger partial charge in [-0.25, -0.2) is 9.59 Å². The van der Waals surface area contributed by atoms with Crippen molar-refractivity contribution in [3.8, 4) is 5.75 Å². The van der Waals surface area contributed by atoms with Crippen molar-refractivity contribution in [1.82, 2.24) is 5.32 Å². The van der Waals surface area contributed by atoms with Gasteiger partial charge in [0.2, 0.25) is 0 Å². The van der Waals surface area contributed by atoms with E-state index < -0.39 is 30.5 Å². The molecule has 0 heterocycles. The predicted octanol–water partition coefficient (Wildman–Crippen LogP) is 0.849. The molecule has 114 valence electrons. The van der Waals surface area contributed by atoms with Crippen LogP contribution in [0.5, 0.6) is 5.75 Å². The highest BCUT2D eigenvalue weighted by molar-refractivity contribution is 5.84. The molecule has 0 fully saturated rings. The summed E-state index contributed by atoms with van der Waals surface area (Å²) in [4.78, 5) is 32.7. The Morgan fingerprint density at radius 1 is 1.19 bits per heavy atom. The SMILES string of the molecule is COc1ccc(COC(=O)N[C@@H](CC(=O)O)C(=O)O)cc1. The molecule has 3 N–H and O–H groups in total. The number of alkyl carbamates (subject to hydrolysis) is 1. The van der Waals surface area contributed by atoms with Crippen molar-refractivity contribution in [3.63, 3.8) is 0 Å². The third-order valence-electron chi connectivity index (χ3n) is 2.50. The molecule has 0 aliphatic carbocycles. The highest BCUT2D eigenvalue weighted by atomic mass is 16.5. The Balaban J connectivity index is 2.48. The van der Waals surface area contributed by atoms with Crippen molar-refractivity contribution >= 4 is 18.0 Å². The van der Waals surface area contributed by atoms with Gasteiger partial charge in [0.25, 0.3) is 0 Å². The molecule has 1 atom stereocenters. The van der Waals surface area contributed by atoms with E-state index in [4.69, 9.17) is 19.7 Å². The van der Waals surface area contributed by atoms with E-state index in [9.17, 15) is 14.4 Å². The normalized spacial score (nSPS) is 11.3. The van der Waals surface area contributed by atoms with E-state index in [0.717, 1.165) is 0 Å². The van der Waals surface area contributed by atoms with Gasteiger partial charge in [0.05, 0.1) is 13.5 Å². The molecule has 0 spiro atoms. The maximum atomic E-state index is 11.4. The van der Waals surface area contributed by atoms with Crippen molar-refractivity contribution in [2.75, 3.05) is 7.11 Å². The first kappa shape index (κ1) is 16.3. The predicted molar refractivity (Wildman–Crippen MR) is 70.0 cm³/mol. The van der Waals surface area contributed by atoms with Gasteiger partial charge in [-0.2, -0.15) is 0 Å². The standard InChI is InChI=1S/C13H15NO7/c1-20-9-4-2-8(3-5-9)7-21-13(19)14-10(12(17)18)6-11(15)16/h2-5,10H,6-7H2,1H3,(H,14,19)(H,15,16)(H,17,18)/t10-/m0/s1. The van der Waals surface area contributed by atoms with E-state index >= 15 is 0 Å². The summed E-state index contributed by atoms with van der Waals surface area (Å²) in [6, 6.07) is 5.18. The van der Waals surface area contributed by atoms with Crippen LogP contribution in [0.2, 0.25) is 0 Å². The highest BCUT2D eigenvalue weighted by Crippen LogP contribution is 2.11. The second-order valence-electron chi connectivity index (χ2n) is 4.06. The average Bonchev–Trinajstić information content (AvgIpc) is 2.44. The van der Waals surface area contributed by atoms with Crippen LogP contribution in [0.15, 0.2) is 24.3 Å². The molecule has 0 bridgehead atoms. The molecular weight excluding hydrogens is 282 g/mol. The molecule has 8 heteroatoms. The van der Waals surface area contributed by atoms with Crippen LogP contribution in [0, 0.1) is 0 Å². The Bertz CT molecular complexity index is 512. The number of aliphatic carboxylic acids is 2. The van der Waals surface area contributed by atoms with Crippen molar-refractivity contribution in [2.45, 2.75) is 19.1 Å². The number of amides is 1. The number of ether oxygens (including phenoxy) is 2. The Morgan fingerprint density at radius 3 is 2.29 bits per heavy atom. The van der Waals surface area contributed by atoms with Gasteiger partial charge in [0.1, 0.15) is 18.4 Å². The first-order valence-electron chi connectivity index (χ1n) is 5.93. The molecule has 8 nitrogen and oxygen atoms in total. The van der Waals surface area contributed by atoms with Crippen molar-refractivity contribution in [3.05, 3.63) is 29.8 Å². The average molecular weight is 297 g/mol. The Kier molecular flexibility index (Phi) is 5.99. The minimum atomic E-state index is -1.54. The summed E-state index contributed by atoms with van der Waals surface area (Å²) < 4.78 is 9.79. The lowest BCUT2D eigenvalue weighted by atomic mass is 10.2. The van der Waals surface area contributed by atoms with Crippen LogP contribution in [0.4, 0.5) is 4.79 Å². The fourth-order valence-corrected chi connectivity index (χ4v) is 1.43. The molecule has 1 aromatic rings. The van der Waals surface area contributed by atoms with Gasteiger partial charge < -0.3 is 25.0 Å². The molecule has 1 aromatic carbocycles. The Labute approximate surface area is 120 Å². The van der Waals surface area contributed by atoms with Crippen LogP contribution < -0.4 is 10.1 Å². The molecule has 1 amide bonds. The van der Waals surface area contributed by atoms with Gasteiger partial charge in [-0.05, 0) is 17.7 Å². The minimum absolute atomic E-state index is 0.0742. The number of nitrogens with one attached hydrogen (secondary N) is 1. The molecule has 0 aromatic heterocycles. The van der Waals surface area contributed by atoms with Gasteiger partial charge in [0.15, 0.2) is 0 Å². The third kappa shape index (κ3) is 5.81. The van der Waals surface area contributed by atoms with Gasteiger partial charge in [-0.3, -0.25) is 4.79 Å². The van der Waals surface area contributed by atoms with E-state index in [2.05, 4.69) is 0 Å². The fraction of sp³-hybridized carbons (Fsp3) is 0.308. The van der Waals surface area contributed by atoms with Crippen molar-refractivity contribution < 1.29 is 34.1 Å². The fourth-order valence-electron chi connectivity index (χ4n) is 1.43. The van der Waals surface area contributed by atoms with Crippen LogP contribution in [0.1, 0.15) is 12.0 Å². The molecule has 1 rings (SSSR count). The molecule has 0 unspecified atom stereocenters. The van der Waals surface area contributed by atoms with Crippen LogP contribution in [0.3, 0.4) is 0 Å². The highest BCUT2D eigenvalue weighted by Gasteiger charge is 2.23. The zero-order valence-electron chi connectivity index (χ0n) is 11.2. The zero-order valence-corrected chi connectivity index (χ0v) is 11.2. The second kappa shape index (κ2) is 7.73. The Morgan fingerprint density at radius 2 is 1.81 bits per heavy atom. The third-order valence-corrected chi connectivity index (χ3v) is 2.50. The van der Waals surface area contributed by atoms with Gasteiger partial charge in [0, 0.05) is 0 Å². The summed E-state index contributed by atoms with van der Waals surface area (Å²) in [6.07, 6.45) is -1.73. The number of carbonyl (C=O) groups excluding carboxylic acids is 1. The first-order valence-corrected chi connectivity index (χ1v) is 5.93. The number of methoxy groups -OCH3 is 1. The van der Waals surface area contributed by atoms with Crippen LogP contribution in [-0.4, -0.2) is 41.4 Å². The number of carboxylic acid groups (broad SMARTS) is 2. The van der Waals surface area contributed by atoms with Crippen molar-refractivity contribution in [1.29, 1.82) is 0 Å². The summed E-state index contributed by atoms with van der Waals surface area (Å²) in [5.41, 5.74) is 0.677. The number of hydrogen-bond donors (Lipinski definition) is 3. The molecular formula is C13H15NO7.